The molecule has 1 aliphatic heterocycles. The number of nitrogens with one attached hydrogen (secondary N) is 1. The molecule has 0 spiro atoms. The Morgan fingerprint density at radius 2 is 1.70 bits per heavy atom. The van der Waals surface area contributed by atoms with Crippen molar-refractivity contribution in [3.63, 3.8) is 0 Å². The van der Waals surface area contributed by atoms with Crippen molar-refractivity contribution in [1.82, 2.24) is 5.32 Å². The number of ether oxygens (including phenoxy) is 2. The van der Waals surface area contributed by atoms with Gasteiger partial charge in [-0.15, -0.1) is 0 Å². The van der Waals surface area contributed by atoms with E-state index in [1.54, 1.807) is 60.7 Å². The summed E-state index contributed by atoms with van der Waals surface area (Å²) >= 11 is 6.08. The number of aliphatic imine (C=N–C) groups is 1. The molecule has 0 bridgehead atoms. The Labute approximate surface area is 275 Å². The lowest BCUT2D eigenvalue weighted by Gasteiger charge is -2.32. The number of carbonyl (C=O) groups is 1. The summed E-state index contributed by atoms with van der Waals surface area (Å²) in [4.78, 5) is 25.6. The van der Waals surface area contributed by atoms with E-state index >= 15 is 0 Å². The molecule has 0 fully saturated rings. The zero-order valence-corrected chi connectivity index (χ0v) is 26.0. The van der Waals surface area contributed by atoms with Gasteiger partial charge in [-0.25, -0.2) is 4.99 Å². The predicted octanol–water partition coefficient (Wildman–Crippen LogP) is 7.67. The van der Waals surface area contributed by atoms with Crippen LogP contribution in [0.25, 0.3) is 20.9 Å². The first kappa shape index (κ1) is 32.9. The van der Waals surface area contributed by atoms with Gasteiger partial charge in [0, 0.05) is 57.7 Å². The van der Waals surface area contributed by atoms with Crippen LogP contribution in [0, 0.1) is 0 Å². The summed E-state index contributed by atoms with van der Waals surface area (Å²) in [6.45, 7) is 0.644. The average molecular weight is 651 g/mol. The van der Waals surface area contributed by atoms with Gasteiger partial charge in [0.05, 0.1) is 13.2 Å². The molecule has 12 nitrogen and oxygen atoms in total. The van der Waals surface area contributed by atoms with Crippen LogP contribution in [-0.4, -0.2) is 35.7 Å². The Morgan fingerprint density at radius 3 is 2.43 bits per heavy atom. The maximum absolute atomic E-state index is 14.6. The highest BCUT2D eigenvalue weighted by Crippen LogP contribution is 2.45. The van der Waals surface area contributed by atoms with Crippen molar-refractivity contribution in [2.24, 2.45) is 15.2 Å². The number of benzene rings is 4. The van der Waals surface area contributed by atoms with E-state index in [2.05, 4.69) is 25.4 Å². The van der Waals surface area contributed by atoms with E-state index in [1.807, 2.05) is 36.4 Å². The molecule has 2 N–H and O–H groups in total. The maximum atomic E-state index is 14.6. The molecule has 0 saturated heterocycles. The molecule has 4 aromatic rings. The van der Waals surface area contributed by atoms with E-state index in [-0.39, 0.29) is 32.0 Å². The summed E-state index contributed by atoms with van der Waals surface area (Å²) in [5.41, 5.74) is 20.5. The quantitative estimate of drug-likeness (QED) is 0.0616. The van der Waals surface area contributed by atoms with Gasteiger partial charge in [0.1, 0.15) is 5.75 Å². The second-order valence-corrected chi connectivity index (χ2v) is 11.1. The number of azide groups is 2. The molecule has 13 heteroatoms. The average Bonchev–Trinajstić information content (AvgIpc) is 3.48. The number of hydrogen-bond donors (Lipinski definition) is 2. The van der Waals surface area contributed by atoms with Gasteiger partial charge in [0.25, 0.3) is 5.91 Å². The second-order valence-electron chi connectivity index (χ2n) is 10.7. The molecule has 47 heavy (non-hydrogen) atoms. The van der Waals surface area contributed by atoms with Crippen LogP contribution in [0.1, 0.15) is 40.3 Å². The smallest absolute Gasteiger partial charge is 0.252 e. The molecule has 4 aromatic carbocycles. The fraction of sp³-hybridized carbons (Fsp3) is 0.235. The first-order valence-corrected chi connectivity index (χ1v) is 15.2. The van der Waals surface area contributed by atoms with Gasteiger partial charge in [-0.1, -0.05) is 82.5 Å². The summed E-state index contributed by atoms with van der Waals surface area (Å²) in [5, 5.41) is 20.4. The van der Waals surface area contributed by atoms with E-state index < -0.39 is 17.6 Å². The second kappa shape index (κ2) is 15.7. The fourth-order valence-electron chi connectivity index (χ4n) is 5.33. The third-order valence-electron chi connectivity index (χ3n) is 7.65. The Bertz CT molecular complexity index is 1840. The van der Waals surface area contributed by atoms with Crippen molar-refractivity contribution >= 4 is 29.1 Å². The first-order chi connectivity index (χ1) is 23.0. The minimum absolute atomic E-state index is 0.0234. The van der Waals surface area contributed by atoms with Crippen LogP contribution in [-0.2, 0) is 29.0 Å². The topological polar surface area (TPSA) is 178 Å². The molecular weight excluding hydrogens is 620 g/mol. The van der Waals surface area contributed by atoms with Gasteiger partial charge < -0.3 is 19.9 Å². The molecule has 0 unspecified atom stereocenters. The molecule has 1 heterocycles. The van der Waals surface area contributed by atoms with Gasteiger partial charge in [-0.05, 0) is 64.2 Å². The van der Waals surface area contributed by atoms with Crippen LogP contribution in [0.3, 0.4) is 0 Å². The Morgan fingerprint density at radius 1 is 0.979 bits per heavy atom. The van der Waals surface area contributed by atoms with Crippen molar-refractivity contribution < 1.29 is 19.4 Å². The molecule has 0 saturated carbocycles. The summed E-state index contributed by atoms with van der Waals surface area (Å²) in [6, 6.07) is 28.5. The molecule has 1 aliphatic rings. The van der Waals surface area contributed by atoms with Crippen LogP contribution in [0.5, 0.6) is 5.75 Å². The summed E-state index contributed by atoms with van der Waals surface area (Å²) in [6.07, 6.45) is -0.450. The van der Waals surface area contributed by atoms with Crippen LogP contribution in [0.15, 0.2) is 112 Å². The van der Waals surface area contributed by atoms with E-state index in [0.29, 0.717) is 40.6 Å². The van der Waals surface area contributed by atoms with Gasteiger partial charge >= 0.3 is 0 Å². The zero-order valence-electron chi connectivity index (χ0n) is 25.2. The third kappa shape index (κ3) is 7.84. The minimum Gasteiger partial charge on any atom is -0.494 e. The van der Waals surface area contributed by atoms with Crippen molar-refractivity contribution in [2.45, 2.75) is 37.6 Å². The molecular formula is C34H31ClN8O4. The number of rotatable bonds is 14. The summed E-state index contributed by atoms with van der Waals surface area (Å²) < 4.78 is 12.3. The predicted molar refractivity (Wildman–Crippen MR) is 178 cm³/mol. The zero-order chi connectivity index (χ0) is 33.1. The van der Waals surface area contributed by atoms with Crippen LogP contribution < -0.4 is 10.1 Å². The molecule has 0 radical (unpaired) electrons. The molecule has 0 aromatic heterocycles. The number of amides is 1. The largest absolute Gasteiger partial charge is 0.494 e. The van der Waals surface area contributed by atoms with Gasteiger partial charge in [0.15, 0.2) is 11.6 Å². The number of hydrogen-bond acceptors (Lipinski definition) is 7. The summed E-state index contributed by atoms with van der Waals surface area (Å²) in [5.74, 6) is 0.387. The van der Waals surface area contributed by atoms with Gasteiger partial charge in [-0.3, -0.25) is 4.79 Å². The number of nitrogens with zero attached hydrogens (tertiary/aromatic N) is 7. The lowest BCUT2D eigenvalue weighted by Crippen LogP contribution is -2.49. The summed E-state index contributed by atoms with van der Waals surface area (Å²) in [7, 11) is 0. The standard InChI is InChI=1S/C34H31ClN8O4/c35-27-14-10-23(11-15-27)21-38-33(45)34(20-25-6-1-2-7-26(25)22-39-42-36)31(29-8-3-4-9-30(29)41-43-37)47-32(40-34)24-12-16-28(17-13-24)46-19-5-18-44/h1-4,6-17,31,44H,5,18-22H2,(H,38,45)/t31-,34-/m1/s1. The first-order valence-electron chi connectivity index (χ1n) is 14.8. The van der Waals surface area contributed by atoms with Crippen molar-refractivity contribution in [1.29, 1.82) is 0 Å². The third-order valence-corrected chi connectivity index (χ3v) is 7.90. The maximum Gasteiger partial charge on any atom is 0.252 e. The minimum atomic E-state index is -1.59. The van der Waals surface area contributed by atoms with Crippen molar-refractivity contribution in [3.05, 3.63) is 151 Å². The number of aliphatic hydroxyl groups is 1. The van der Waals surface area contributed by atoms with E-state index in [4.69, 9.17) is 36.7 Å². The SMILES string of the molecule is [N-]=[N+]=NCc1ccccc1C[C@@]1(C(=O)NCc2ccc(Cl)cc2)N=C(c2ccc(OCCCO)cc2)O[C@@H]1c1ccccc1N=[N+]=[N-]. The highest BCUT2D eigenvalue weighted by atomic mass is 35.5. The number of halogens is 1. The fourth-order valence-corrected chi connectivity index (χ4v) is 5.45. The molecule has 238 valence electrons. The Kier molecular flexibility index (Phi) is 11.0. The highest BCUT2D eigenvalue weighted by molar-refractivity contribution is 6.30. The van der Waals surface area contributed by atoms with Gasteiger partial charge in [0.2, 0.25) is 5.90 Å². The molecule has 2 atom stereocenters. The molecule has 0 aliphatic carbocycles. The normalized spacial score (nSPS) is 16.6. The highest BCUT2D eigenvalue weighted by Gasteiger charge is 2.54. The van der Waals surface area contributed by atoms with Crippen LogP contribution in [0.4, 0.5) is 5.69 Å². The van der Waals surface area contributed by atoms with Crippen molar-refractivity contribution in [2.75, 3.05) is 13.2 Å². The lowest BCUT2D eigenvalue weighted by molar-refractivity contribution is -0.129. The van der Waals surface area contributed by atoms with E-state index in [0.717, 1.165) is 16.7 Å². The van der Waals surface area contributed by atoms with E-state index in [1.165, 1.54) is 0 Å². The Balaban J connectivity index is 1.64. The van der Waals surface area contributed by atoms with Crippen LogP contribution in [0.2, 0.25) is 5.02 Å². The lowest BCUT2D eigenvalue weighted by atomic mass is 9.80. The molecule has 5 rings (SSSR count). The monoisotopic (exact) mass is 650 g/mol. The van der Waals surface area contributed by atoms with Gasteiger partial charge in [-0.2, -0.15) is 0 Å². The number of aliphatic hydroxyl groups excluding tert-OH is 1. The number of carbonyl (C=O) groups excluding carboxylic acids is 1. The Hall–Kier alpha value is -5.51. The van der Waals surface area contributed by atoms with E-state index in [9.17, 15) is 10.3 Å². The van der Waals surface area contributed by atoms with Crippen LogP contribution >= 0.6 is 11.6 Å². The van der Waals surface area contributed by atoms with Crippen molar-refractivity contribution in [3.8, 4) is 5.75 Å². The molecule has 1 amide bonds.